The molecule has 13 heteroatoms. The zero-order valence-electron chi connectivity index (χ0n) is 19.1. The van der Waals surface area contributed by atoms with Gasteiger partial charge in [0.2, 0.25) is 6.79 Å². The van der Waals surface area contributed by atoms with Gasteiger partial charge in [-0.3, -0.25) is 14.9 Å². The van der Waals surface area contributed by atoms with Crippen molar-refractivity contribution in [3.63, 3.8) is 0 Å². The number of rotatable bonds is 7. The standard InChI is InChI=1S/C21H26N6O7/c1-20(2,3)18(29)32-12-33-19(30)26-17-14-4-5-15(27(14)25-11-24-17)21(10-23)7-6-13(34-21)9-31-16(28)8-22/h4-5,11,13H,6-9,12,22H2,1-3H3,(H,24,25,26,30)/t13-,21-/m0/s1. The molecule has 0 bridgehead atoms. The van der Waals surface area contributed by atoms with Gasteiger partial charge in [0.1, 0.15) is 24.5 Å². The molecule has 1 amide bonds. The highest BCUT2D eigenvalue weighted by Crippen LogP contribution is 2.40. The molecule has 13 nitrogen and oxygen atoms in total. The van der Waals surface area contributed by atoms with Gasteiger partial charge in [0.15, 0.2) is 11.4 Å². The van der Waals surface area contributed by atoms with E-state index in [4.69, 9.17) is 24.7 Å². The molecule has 0 radical (unpaired) electrons. The predicted molar refractivity (Wildman–Crippen MR) is 115 cm³/mol. The minimum atomic E-state index is -1.33. The number of nitrogens with two attached hydrogens (primary N) is 1. The van der Waals surface area contributed by atoms with Crippen LogP contribution in [0.4, 0.5) is 10.6 Å². The first kappa shape index (κ1) is 24.9. The van der Waals surface area contributed by atoms with Crippen molar-refractivity contribution in [2.24, 2.45) is 11.1 Å². The highest BCUT2D eigenvalue weighted by molar-refractivity contribution is 5.88. The van der Waals surface area contributed by atoms with Crippen molar-refractivity contribution in [1.82, 2.24) is 14.6 Å². The number of fused-ring (bicyclic) bond motifs is 1. The largest absolute Gasteiger partial charge is 0.462 e. The molecule has 0 saturated carbocycles. The number of anilines is 1. The molecule has 0 spiro atoms. The lowest BCUT2D eigenvalue weighted by Gasteiger charge is -2.21. The van der Waals surface area contributed by atoms with Crippen LogP contribution in [0.5, 0.6) is 0 Å². The molecular weight excluding hydrogens is 448 g/mol. The van der Waals surface area contributed by atoms with E-state index in [1.54, 1.807) is 32.9 Å². The minimum absolute atomic E-state index is 0.0177. The maximum atomic E-state index is 12.1. The number of aromatic nitrogens is 3. The third kappa shape index (κ3) is 5.41. The topological polar surface area (TPSA) is 180 Å². The first-order valence-corrected chi connectivity index (χ1v) is 10.5. The maximum Gasteiger partial charge on any atom is 0.415 e. The van der Waals surface area contributed by atoms with Crippen LogP contribution in [0.2, 0.25) is 0 Å². The van der Waals surface area contributed by atoms with Gasteiger partial charge in [0, 0.05) is 0 Å². The van der Waals surface area contributed by atoms with Gasteiger partial charge >= 0.3 is 18.0 Å². The van der Waals surface area contributed by atoms with Gasteiger partial charge in [-0.15, -0.1) is 0 Å². The zero-order valence-corrected chi connectivity index (χ0v) is 19.1. The van der Waals surface area contributed by atoms with Crippen LogP contribution in [0.15, 0.2) is 18.5 Å². The van der Waals surface area contributed by atoms with E-state index in [0.29, 0.717) is 24.1 Å². The normalized spacial score (nSPS) is 19.9. The summed E-state index contributed by atoms with van der Waals surface area (Å²) in [4.78, 5) is 39.3. The average molecular weight is 474 g/mol. The molecule has 2 atom stereocenters. The van der Waals surface area contributed by atoms with Gasteiger partial charge in [-0.2, -0.15) is 10.4 Å². The van der Waals surface area contributed by atoms with Crippen molar-refractivity contribution in [1.29, 1.82) is 5.26 Å². The fourth-order valence-electron chi connectivity index (χ4n) is 3.28. The van der Waals surface area contributed by atoms with E-state index in [0.717, 1.165) is 0 Å². The lowest BCUT2D eigenvalue weighted by Crippen LogP contribution is -2.29. The molecule has 0 aromatic carbocycles. The number of amides is 1. The third-order valence-electron chi connectivity index (χ3n) is 5.04. The highest BCUT2D eigenvalue weighted by atomic mass is 16.7. The van der Waals surface area contributed by atoms with E-state index >= 15 is 0 Å². The summed E-state index contributed by atoms with van der Waals surface area (Å²) < 4.78 is 22.2. The molecule has 1 aliphatic rings. The fourth-order valence-corrected chi connectivity index (χ4v) is 3.28. The third-order valence-corrected chi connectivity index (χ3v) is 5.04. The van der Waals surface area contributed by atoms with Crippen LogP contribution in [0.3, 0.4) is 0 Å². The number of hydrogen-bond acceptors (Lipinski definition) is 11. The zero-order chi connectivity index (χ0) is 24.9. The Morgan fingerprint density at radius 1 is 1.32 bits per heavy atom. The second kappa shape index (κ2) is 10.0. The van der Waals surface area contributed by atoms with Gasteiger partial charge in [0.05, 0.1) is 23.8 Å². The minimum Gasteiger partial charge on any atom is -0.462 e. The lowest BCUT2D eigenvalue weighted by atomic mass is 9.98. The summed E-state index contributed by atoms with van der Waals surface area (Å²) in [6, 6.07) is 5.45. The van der Waals surface area contributed by atoms with Gasteiger partial charge in [-0.05, 0) is 45.7 Å². The Morgan fingerprint density at radius 3 is 2.76 bits per heavy atom. The van der Waals surface area contributed by atoms with Crippen LogP contribution in [-0.2, 0) is 34.1 Å². The van der Waals surface area contributed by atoms with E-state index in [-0.39, 0.29) is 19.0 Å². The number of nitriles is 1. The Bertz CT molecular complexity index is 1120. The molecule has 3 rings (SSSR count). The monoisotopic (exact) mass is 474 g/mol. The summed E-state index contributed by atoms with van der Waals surface area (Å²) >= 11 is 0. The van der Waals surface area contributed by atoms with E-state index in [9.17, 15) is 19.6 Å². The fraction of sp³-hybridized carbons (Fsp3) is 0.524. The second-order valence-corrected chi connectivity index (χ2v) is 8.59. The number of ether oxygens (including phenoxy) is 4. The molecular formula is C21H26N6O7. The van der Waals surface area contributed by atoms with Crippen LogP contribution < -0.4 is 11.1 Å². The van der Waals surface area contributed by atoms with Crippen molar-refractivity contribution in [2.45, 2.75) is 45.3 Å². The average Bonchev–Trinajstić information content (AvgIpc) is 3.42. The Hall–Kier alpha value is -3.76. The summed E-state index contributed by atoms with van der Waals surface area (Å²) in [5.41, 5.74) is 3.98. The van der Waals surface area contributed by atoms with Gasteiger partial charge in [-0.1, -0.05) is 0 Å². The second-order valence-electron chi connectivity index (χ2n) is 8.59. The lowest BCUT2D eigenvalue weighted by molar-refractivity contribution is -0.161. The molecule has 2 aromatic rings. The quantitative estimate of drug-likeness (QED) is 0.435. The molecule has 1 saturated heterocycles. The van der Waals surface area contributed by atoms with Gasteiger partial charge < -0.3 is 24.7 Å². The molecule has 0 unspecified atom stereocenters. The van der Waals surface area contributed by atoms with Crippen molar-refractivity contribution >= 4 is 29.4 Å². The van der Waals surface area contributed by atoms with Crippen LogP contribution in [0, 0.1) is 16.7 Å². The Morgan fingerprint density at radius 2 is 2.09 bits per heavy atom. The van der Waals surface area contributed by atoms with Crippen molar-refractivity contribution in [2.75, 3.05) is 25.3 Å². The van der Waals surface area contributed by atoms with Gasteiger partial charge in [-0.25, -0.2) is 14.3 Å². The molecule has 1 aliphatic heterocycles. The number of hydrogen-bond donors (Lipinski definition) is 2. The van der Waals surface area contributed by atoms with Crippen LogP contribution in [0.1, 0.15) is 39.3 Å². The molecule has 34 heavy (non-hydrogen) atoms. The van der Waals surface area contributed by atoms with E-state index < -0.39 is 41.9 Å². The van der Waals surface area contributed by atoms with Crippen molar-refractivity contribution < 1.29 is 33.3 Å². The highest BCUT2D eigenvalue weighted by Gasteiger charge is 2.45. The van der Waals surface area contributed by atoms with Gasteiger partial charge in [0.25, 0.3) is 0 Å². The number of esters is 2. The summed E-state index contributed by atoms with van der Waals surface area (Å²) in [6.07, 6.45) is 0.652. The molecule has 1 fully saturated rings. The van der Waals surface area contributed by atoms with E-state index in [1.165, 1.54) is 10.8 Å². The van der Waals surface area contributed by atoms with Crippen LogP contribution in [-0.4, -0.2) is 58.7 Å². The van der Waals surface area contributed by atoms with Crippen molar-refractivity contribution in [3.8, 4) is 6.07 Å². The molecule has 0 aliphatic carbocycles. The number of nitrogens with one attached hydrogen (secondary N) is 1. The summed E-state index contributed by atoms with van der Waals surface area (Å²) in [7, 11) is 0. The maximum absolute atomic E-state index is 12.1. The molecule has 3 heterocycles. The van der Waals surface area contributed by atoms with Crippen molar-refractivity contribution in [3.05, 3.63) is 24.2 Å². The van der Waals surface area contributed by atoms with Crippen LogP contribution in [0.25, 0.3) is 5.52 Å². The van der Waals surface area contributed by atoms with Crippen LogP contribution >= 0.6 is 0 Å². The summed E-state index contributed by atoms with van der Waals surface area (Å²) in [6.45, 7) is 4.21. The molecule has 3 N–H and O–H groups in total. The Balaban J connectivity index is 1.70. The van der Waals surface area contributed by atoms with E-state index in [1.807, 2.05) is 0 Å². The Labute approximate surface area is 195 Å². The first-order valence-electron chi connectivity index (χ1n) is 10.5. The Kier molecular flexibility index (Phi) is 7.33. The SMILES string of the molecule is CC(C)(C)C(=O)OCOC(=O)Nc1ncnn2c([C@@]3(C#N)CC[C@@H](COC(=O)CN)O3)ccc12. The molecule has 182 valence electrons. The summed E-state index contributed by atoms with van der Waals surface area (Å²) in [5.74, 6) is -0.960. The smallest absolute Gasteiger partial charge is 0.415 e. The summed E-state index contributed by atoms with van der Waals surface area (Å²) in [5, 5.41) is 16.6. The predicted octanol–water partition coefficient (Wildman–Crippen LogP) is 1.22. The van der Waals surface area contributed by atoms with E-state index in [2.05, 4.69) is 21.5 Å². The number of nitrogens with zero attached hydrogens (tertiary/aromatic N) is 4. The molecule has 2 aromatic heterocycles. The number of carbonyl (C=O) groups is 3. The first-order chi connectivity index (χ1) is 16.1. The number of carbonyl (C=O) groups excluding carboxylic acids is 3.